The lowest BCUT2D eigenvalue weighted by Crippen LogP contribution is -2.13. The highest BCUT2D eigenvalue weighted by Gasteiger charge is 2.04. The van der Waals surface area contributed by atoms with Gasteiger partial charge in [0.2, 0.25) is 0 Å². The van der Waals surface area contributed by atoms with Crippen LogP contribution in [0, 0.1) is 0 Å². The predicted molar refractivity (Wildman–Crippen MR) is 41.2 cm³/mol. The highest BCUT2D eigenvalue weighted by Crippen LogP contribution is 2.00. The first-order chi connectivity index (χ1) is 4.93. The maximum Gasteiger partial charge on any atom is 0.106 e. The summed E-state index contributed by atoms with van der Waals surface area (Å²) in [6, 6.07) is 0. The zero-order valence-electron chi connectivity index (χ0n) is 6.39. The molecule has 1 N–H and O–H groups in total. The summed E-state index contributed by atoms with van der Waals surface area (Å²) >= 11 is 0. The van der Waals surface area contributed by atoms with E-state index in [1.54, 1.807) is 7.11 Å². The Hall–Kier alpha value is -0.570. The fraction of sp³-hybridized carbons (Fsp3) is 0.857. The van der Waals surface area contributed by atoms with Gasteiger partial charge in [0.25, 0.3) is 0 Å². The normalized spacial score (nSPS) is 24.3. The third-order valence-corrected chi connectivity index (χ3v) is 1.63. The van der Waals surface area contributed by atoms with Crippen molar-refractivity contribution in [1.82, 2.24) is 5.32 Å². The van der Waals surface area contributed by atoms with E-state index in [4.69, 9.17) is 4.84 Å². The minimum atomic E-state index is 1.04. The van der Waals surface area contributed by atoms with Gasteiger partial charge in [-0.2, -0.15) is 0 Å². The van der Waals surface area contributed by atoms with Crippen LogP contribution in [0.3, 0.4) is 0 Å². The average Bonchev–Trinajstić information content (AvgIpc) is 2.17. The minimum Gasteiger partial charge on any atom is -0.399 e. The Morgan fingerprint density at radius 3 is 3.10 bits per heavy atom. The van der Waals surface area contributed by atoms with Crippen molar-refractivity contribution in [3.63, 3.8) is 0 Å². The number of nitrogens with zero attached hydrogens (tertiary/aromatic N) is 1. The van der Waals surface area contributed by atoms with Crippen molar-refractivity contribution in [2.75, 3.05) is 20.2 Å². The number of oxime groups is 1. The summed E-state index contributed by atoms with van der Waals surface area (Å²) in [5.74, 6) is 0. The van der Waals surface area contributed by atoms with Crippen molar-refractivity contribution >= 4 is 5.71 Å². The Morgan fingerprint density at radius 1 is 1.40 bits per heavy atom. The smallest absolute Gasteiger partial charge is 0.106 e. The highest BCUT2D eigenvalue weighted by molar-refractivity contribution is 5.84. The Bertz CT molecular complexity index is 113. The van der Waals surface area contributed by atoms with Crippen LogP contribution in [0.2, 0.25) is 0 Å². The number of nitrogens with one attached hydrogen (secondary N) is 1. The highest BCUT2D eigenvalue weighted by atomic mass is 16.6. The molecule has 0 saturated carbocycles. The molecule has 0 atom stereocenters. The molecule has 0 aromatic rings. The van der Waals surface area contributed by atoms with Crippen molar-refractivity contribution in [3.05, 3.63) is 0 Å². The molecule has 1 aliphatic rings. The standard InChI is InChI=1S/C7H14N2O/c1-10-9-7-3-2-5-8-6-4-7/h8H,2-6H2,1H3. The van der Waals surface area contributed by atoms with E-state index >= 15 is 0 Å². The molecule has 1 saturated heterocycles. The molecule has 0 spiro atoms. The van der Waals surface area contributed by atoms with Gasteiger partial charge < -0.3 is 10.2 Å². The molecule has 0 aromatic heterocycles. The molecule has 0 aromatic carbocycles. The summed E-state index contributed by atoms with van der Waals surface area (Å²) in [5.41, 5.74) is 1.19. The van der Waals surface area contributed by atoms with Crippen molar-refractivity contribution in [2.24, 2.45) is 5.16 Å². The molecule has 0 amide bonds. The first-order valence-electron chi connectivity index (χ1n) is 3.73. The summed E-state index contributed by atoms with van der Waals surface area (Å²) < 4.78 is 0. The Balaban J connectivity index is 2.35. The van der Waals surface area contributed by atoms with E-state index in [2.05, 4.69) is 10.5 Å². The molecule has 58 valence electrons. The molecule has 10 heavy (non-hydrogen) atoms. The van der Waals surface area contributed by atoms with Crippen LogP contribution in [-0.4, -0.2) is 25.9 Å². The molecular weight excluding hydrogens is 128 g/mol. The minimum absolute atomic E-state index is 1.04. The van der Waals surface area contributed by atoms with Gasteiger partial charge in [0.1, 0.15) is 7.11 Å². The fourth-order valence-electron chi connectivity index (χ4n) is 1.12. The van der Waals surface area contributed by atoms with Crippen LogP contribution in [0.4, 0.5) is 0 Å². The first-order valence-corrected chi connectivity index (χ1v) is 3.73. The van der Waals surface area contributed by atoms with E-state index in [-0.39, 0.29) is 0 Å². The van der Waals surface area contributed by atoms with Gasteiger partial charge in [-0.25, -0.2) is 0 Å². The van der Waals surface area contributed by atoms with Gasteiger partial charge in [-0.15, -0.1) is 0 Å². The maximum atomic E-state index is 4.70. The molecule has 0 radical (unpaired) electrons. The van der Waals surface area contributed by atoms with Crippen LogP contribution in [0.25, 0.3) is 0 Å². The van der Waals surface area contributed by atoms with E-state index < -0.39 is 0 Å². The van der Waals surface area contributed by atoms with E-state index in [1.807, 2.05) is 0 Å². The van der Waals surface area contributed by atoms with Crippen molar-refractivity contribution in [2.45, 2.75) is 19.3 Å². The maximum absolute atomic E-state index is 4.70. The van der Waals surface area contributed by atoms with Crippen LogP contribution >= 0.6 is 0 Å². The van der Waals surface area contributed by atoms with Gasteiger partial charge in [-0.05, 0) is 19.4 Å². The fourth-order valence-corrected chi connectivity index (χ4v) is 1.12. The van der Waals surface area contributed by atoms with Gasteiger partial charge >= 0.3 is 0 Å². The van der Waals surface area contributed by atoms with Gasteiger partial charge in [0, 0.05) is 13.0 Å². The van der Waals surface area contributed by atoms with Crippen LogP contribution in [0.1, 0.15) is 19.3 Å². The zero-order valence-corrected chi connectivity index (χ0v) is 6.39. The molecule has 1 fully saturated rings. The summed E-state index contributed by atoms with van der Waals surface area (Å²) in [7, 11) is 1.60. The zero-order chi connectivity index (χ0) is 7.23. The van der Waals surface area contributed by atoms with Gasteiger partial charge in [0.15, 0.2) is 0 Å². The van der Waals surface area contributed by atoms with Crippen LogP contribution in [0.5, 0.6) is 0 Å². The molecule has 1 aliphatic heterocycles. The second-order valence-electron chi connectivity index (χ2n) is 2.44. The third-order valence-electron chi connectivity index (χ3n) is 1.63. The Morgan fingerprint density at radius 2 is 2.30 bits per heavy atom. The molecule has 0 bridgehead atoms. The third kappa shape index (κ3) is 2.35. The van der Waals surface area contributed by atoms with Crippen LogP contribution in [0.15, 0.2) is 5.16 Å². The molecule has 3 nitrogen and oxygen atoms in total. The number of hydrogen-bond acceptors (Lipinski definition) is 3. The first kappa shape index (κ1) is 7.54. The van der Waals surface area contributed by atoms with E-state index in [9.17, 15) is 0 Å². The average molecular weight is 142 g/mol. The van der Waals surface area contributed by atoms with E-state index in [0.717, 1.165) is 25.9 Å². The SMILES string of the molecule is CON=C1CCCNCC1. The van der Waals surface area contributed by atoms with Crippen LogP contribution in [-0.2, 0) is 4.84 Å². The van der Waals surface area contributed by atoms with Gasteiger partial charge in [-0.3, -0.25) is 0 Å². The molecule has 3 heteroatoms. The Kier molecular flexibility index (Phi) is 3.22. The molecule has 0 aliphatic carbocycles. The summed E-state index contributed by atoms with van der Waals surface area (Å²) in [6.45, 7) is 2.16. The molecular formula is C7H14N2O. The second-order valence-corrected chi connectivity index (χ2v) is 2.44. The van der Waals surface area contributed by atoms with E-state index in [1.165, 1.54) is 12.1 Å². The molecule has 1 heterocycles. The lowest BCUT2D eigenvalue weighted by atomic mass is 10.2. The lowest BCUT2D eigenvalue weighted by molar-refractivity contribution is 0.212. The quantitative estimate of drug-likeness (QED) is 0.548. The monoisotopic (exact) mass is 142 g/mol. The largest absolute Gasteiger partial charge is 0.399 e. The van der Waals surface area contributed by atoms with Gasteiger partial charge in [0.05, 0.1) is 5.71 Å². The topological polar surface area (TPSA) is 33.6 Å². The Labute approximate surface area is 61.4 Å². The van der Waals surface area contributed by atoms with Crippen molar-refractivity contribution in [1.29, 1.82) is 0 Å². The van der Waals surface area contributed by atoms with Crippen LogP contribution < -0.4 is 5.32 Å². The molecule has 1 rings (SSSR count). The summed E-state index contributed by atoms with van der Waals surface area (Å²) in [6.07, 6.45) is 3.30. The predicted octanol–water partition coefficient (Wildman–Crippen LogP) is 0.762. The number of rotatable bonds is 1. The van der Waals surface area contributed by atoms with E-state index in [0.29, 0.717) is 0 Å². The summed E-state index contributed by atoms with van der Waals surface area (Å²) in [4.78, 5) is 4.70. The molecule has 0 unspecified atom stereocenters. The van der Waals surface area contributed by atoms with Gasteiger partial charge in [-0.1, -0.05) is 5.16 Å². The van der Waals surface area contributed by atoms with Crippen molar-refractivity contribution < 1.29 is 4.84 Å². The lowest BCUT2D eigenvalue weighted by Gasteiger charge is -1.97. The number of hydrogen-bond donors (Lipinski definition) is 1. The second kappa shape index (κ2) is 4.28. The summed E-state index contributed by atoms with van der Waals surface area (Å²) in [5, 5.41) is 7.22. The van der Waals surface area contributed by atoms with Crippen molar-refractivity contribution in [3.8, 4) is 0 Å².